The van der Waals surface area contributed by atoms with Crippen molar-refractivity contribution in [3.63, 3.8) is 0 Å². The number of thioether (sulfide) groups is 1. The number of carbonyl (C=O) groups is 2. The summed E-state index contributed by atoms with van der Waals surface area (Å²) in [6, 6.07) is 18.3. The summed E-state index contributed by atoms with van der Waals surface area (Å²) in [7, 11) is 1.60. The summed E-state index contributed by atoms with van der Waals surface area (Å²) in [6.07, 6.45) is -2.56. The highest BCUT2D eigenvalue weighted by atomic mass is 32.2. The molecule has 0 radical (unpaired) electrons. The highest BCUT2D eigenvalue weighted by Crippen LogP contribution is 2.37. The van der Waals surface area contributed by atoms with E-state index in [9.17, 15) is 22.8 Å². The Bertz CT molecular complexity index is 1700. The smallest absolute Gasteiger partial charge is 0.497 e. The molecular formula is C33H35F3N6O4S. The third-order valence-electron chi connectivity index (χ3n) is 7.47. The number of nitrogens with zero attached hydrogens (tertiary/aromatic N) is 4. The van der Waals surface area contributed by atoms with Gasteiger partial charge in [-0.1, -0.05) is 45.0 Å². The number of ether oxygens (including phenoxy) is 2. The largest absolute Gasteiger partial charge is 0.573 e. The van der Waals surface area contributed by atoms with E-state index >= 15 is 0 Å². The molecule has 0 spiro atoms. The van der Waals surface area contributed by atoms with E-state index in [0.29, 0.717) is 30.2 Å². The fraction of sp³-hybridized carbons (Fsp3) is 0.333. The minimum absolute atomic E-state index is 0.0697. The molecule has 10 nitrogen and oxygen atoms in total. The maximum absolute atomic E-state index is 12.9. The van der Waals surface area contributed by atoms with Crippen molar-refractivity contribution in [2.24, 2.45) is 5.92 Å². The molecule has 3 amide bonds. The molecule has 248 valence electrons. The number of methoxy groups -OCH3 is 1. The zero-order chi connectivity index (χ0) is 33.7. The van der Waals surface area contributed by atoms with Gasteiger partial charge >= 0.3 is 12.4 Å². The van der Waals surface area contributed by atoms with Crippen molar-refractivity contribution in [2.75, 3.05) is 24.3 Å². The molecule has 0 aliphatic carbocycles. The number of alkyl halides is 3. The average molecular weight is 669 g/mol. The zero-order valence-corrected chi connectivity index (χ0v) is 27.1. The molecule has 4 aromatic rings. The van der Waals surface area contributed by atoms with E-state index in [0.717, 1.165) is 22.4 Å². The van der Waals surface area contributed by atoms with Gasteiger partial charge in [-0.05, 0) is 71.8 Å². The standard InChI is InChI=1S/C33H35F3N6O4S/c1-20(2)27-16-26(45-4)13-14-28(27)42-29(43)18-47-32(42)39-31(44)37-17-21(3)15-22-5-7-23(8-6-22)30-38-19-41(40-30)24-9-11-25(12-10-24)46-33(34,35)36/h5-14,16,19-21,32H,15,17-18H2,1-4H3,(H2,37,39,44). The van der Waals surface area contributed by atoms with Crippen LogP contribution in [0.1, 0.15) is 37.8 Å². The number of halogens is 3. The Morgan fingerprint density at radius 3 is 2.40 bits per heavy atom. The molecule has 5 rings (SSSR count). The molecule has 2 N–H and O–H groups in total. The number of benzene rings is 3. The molecule has 1 aliphatic heterocycles. The third-order valence-corrected chi connectivity index (χ3v) is 8.53. The maximum Gasteiger partial charge on any atom is 0.573 e. The van der Waals surface area contributed by atoms with Crippen LogP contribution >= 0.6 is 11.8 Å². The van der Waals surface area contributed by atoms with E-state index in [1.54, 1.807) is 12.0 Å². The summed E-state index contributed by atoms with van der Waals surface area (Å²) in [4.78, 5) is 31.7. The number of nitrogens with one attached hydrogen (secondary N) is 2. The number of anilines is 1. The van der Waals surface area contributed by atoms with Crippen LogP contribution < -0.4 is 25.0 Å². The van der Waals surface area contributed by atoms with Crippen LogP contribution in [0.3, 0.4) is 0 Å². The van der Waals surface area contributed by atoms with Crippen LogP contribution in [0.4, 0.5) is 23.7 Å². The normalized spacial score (nSPS) is 15.5. The first-order valence-electron chi connectivity index (χ1n) is 14.9. The fourth-order valence-corrected chi connectivity index (χ4v) is 6.16. The van der Waals surface area contributed by atoms with E-state index in [4.69, 9.17) is 4.74 Å². The molecule has 2 atom stereocenters. The monoisotopic (exact) mass is 668 g/mol. The average Bonchev–Trinajstić information content (AvgIpc) is 3.67. The van der Waals surface area contributed by atoms with Crippen LogP contribution in [0.5, 0.6) is 11.5 Å². The predicted octanol–water partition coefficient (Wildman–Crippen LogP) is 6.51. The number of hydrogen-bond donors (Lipinski definition) is 2. The lowest BCUT2D eigenvalue weighted by Crippen LogP contribution is -2.49. The molecule has 47 heavy (non-hydrogen) atoms. The van der Waals surface area contributed by atoms with E-state index in [1.807, 2.05) is 63.2 Å². The second-order valence-corrected chi connectivity index (χ2v) is 12.5. The Labute approximate surface area is 274 Å². The van der Waals surface area contributed by atoms with Crippen LogP contribution in [0, 0.1) is 5.92 Å². The lowest BCUT2D eigenvalue weighted by Gasteiger charge is -2.28. The summed E-state index contributed by atoms with van der Waals surface area (Å²) in [5, 5.41) is 10.3. The van der Waals surface area contributed by atoms with Gasteiger partial charge < -0.3 is 20.1 Å². The van der Waals surface area contributed by atoms with Gasteiger partial charge in [0.05, 0.1) is 24.2 Å². The maximum atomic E-state index is 12.9. The minimum atomic E-state index is -4.76. The summed E-state index contributed by atoms with van der Waals surface area (Å²) in [5.74, 6) is 1.32. The van der Waals surface area contributed by atoms with Crippen molar-refractivity contribution in [2.45, 2.75) is 45.0 Å². The first-order valence-corrected chi connectivity index (χ1v) is 16.0. The molecule has 0 saturated carbocycles. The summed E-state index contributed by atoms with van der Waals surface area (Å²) >= 11 is 1.37. The Morgan fingerprint density at radius 2 is 1.74 bits per heavy atom. The van der Waals surface area contributed by atoms with E-state index < -0.39 is 11.9 Å². The highest BCUT2D eigenvalue weighted by molar-refractivity contribution is 8.01. The number of hydrogen-bond acceptors (Lipinski definition) is 7. The van der Waals surface area contributed by atoms with Gasteiger partial charge in [0, 0.05) is 12.1 Å². The number of carbonyl (C=O) groups excluding carboxylic acids is 2. The molecule has 1 aliphatic rings. The first kappa shape index (κ1) is 33.6. The van der Waals surface area contributed by atoms with Gasteiger partial charge in [-0.3, -0.25) is 9.69 Å². The van der Waals surface area contributed by atoms with Gasteiger partial charge in [-0.25, -0.2) is 14.5 Å². The van der Waals surface area contributed by atoms with E-state index in [1.165, 1.54) is 47.0 Å². The summed E-state index contributed by atoms with van der Waals surface area (Å²) in [6.45, 7) is 6.56. The molecule has 2 unspecified atom stereocenters. The lowest BCUT2D eigenvalue weighted by molar-refractivity contribution is -0.274. The Kier molecular flexibility index (Phi) is 10.3. The number of rotatable bonds is 11. The van der Waals surface area contributed by atoms with Gasteiger partial charge in [-0.2, -0.15) is 0 Å². The van der Waals surface area contributed by atoms with Crippen LogP contribution in [-0.2, 0) is 11.2 Å². The number of urea groups is 1. The van der Waals surface area contributed by atoms with Crippen molar-refractivity contribution in [1.82, 2.24) is 25.4 Å². The number of aromatic nitrogens is 3. The van der Waals surface area contributed by atoms with Crippen LogP contribution in [0.25, 0.3) is 17.1 Å². The molecule has 3 aromatic carbocycles. The quantitative estimate of drug-likeness (QED) is 0.188. The van der Waals surface area contributed by atoms with Gasteiger partial charge in [0.25, 0.3) is 0 Å². The van der Waals surface area contributed by atoms with Crippen molar-refractivity contribution in [1.29, 1.82) is 0 Å². The van der Waals surface area contributed by atoms with E-state index in [-0.39, 0.29) is 35.3 Å². The summed E-state index contributed by atoms with van der Waals surface area (Å²) in [5.41, 5.74) is 3.56. The molecule has 2 heterocycles. The van der Waals surface area contributed by atoms with Gasteiger partial charge in [-0.15, -0.1) is 30.0 Å². The van der Waals surface area contributed by atoms with Crippen molar-refractivity contribution < 1.29 is 32.2 Å². The summed E-state index contributed by atoms with van der Waals surface area (Å²) < 4.78 is 48.0. The predicted molar refractivity (Wildman–Crippen MR) is 174 cm³/mol. The molecule has 14 heteroatoms. The Hall–Kier alpha value is -4.72. The highest BCUT2D eigenvalue weighted by Gasteiger charge is 2.36. The second-order valence-electron chi connectivity index (χ2n) is 11.4. The van der Waals surface area contributed by atoms with E-state index in [2.05, 4.69) is 25.5 Å². The second kappa shape index (κ2) is 14.4. The van der Waals surface area contributed by atoms with Crippen LogP contribution in [0.15, 0.2) is 73.1 Å². The molecule has 0 bridgehead atoms. The number of amides is 3. The van der Waals surface area contributed by atoms with Crippen molar-refractivity contribution in [3.05, 3.63) is 84.2 Å². The third kappa shape index (κ3) is 8.56. The SMILES string of the molecule is COc1ccc(N2C(=O)CSC2NC(=O)NCC(C)Cc2ccc(-c3ncn(-c4ccc(OC(F)(F)F)cc4)n3)cc2)c(C(C)C)c1. The molecule has 1 saturated heterocycles. The fourth-order valence-electron chi connectivity index (χ4n) is 5.15. The molecule has 1 aromatic heterocycles. The Balaban J connectivity index is 1.13. The minimum Gasteiger partial charge on any atom is -0.497 e. The van der Waals surface area contributed by atoms with Gasteiger partial charge in [0.1, 0.15) is 17.8 Å². The Morgan fingerprint density at radius 1 is 1.04 bits per heavy atom. The first-order chi connectivity index (χ1) is 22.4. The zero-order valence-electron chi connectivity index (χ0n) is 26.2. The van der Waals surface area contributed by atoms with Crippen molar-refractivity contribution >= 4 is 29.4 Å². The molecule has 1 fully saturated rings. The van der Waals surface area contributed by atoms with Crippen molar-refractivity contribution in [3.8, 4) is 28.6 Å². The topological polar surface area (TPSA) is 111 Å². The molecular weight excluding hydrogens is 633 g/mol. The van der Waals surface area contributed by atoms with Gasteiger partial charge in [0.15, 0.2) is 11.3 Å². The van der Waals surface area contributed by atoms with Crippen LogP contribution in [0.2, 0.25) is 0 Å². The lowest BCUT2D eigenvalue weighted by atomic mass is 10.00. The van der Waals surface area contributed by atoms with Gasteiger partial charge in [0.2, 0.25) is 5.91 Å². The van der Waals surface area contributed by atoms with Crippen LogP contribution in [-0.4, -0.2) is 58.0 Å².